The highest BCUT2D eigenvalue weighted by Gasteiger charge is 2.31. The summed E-state index contributed by atoms with van der Waals surface area (Å²) in [5.41, 5.74) is 1.19. The molecule has 0 spiro atoms. The second kappa shape index (κ2) is 8.77. The molecule has 0 aliphatic heterocycles. The molecule has 0 saturated heterocycles. The molecule has 0 aliphatic carbocycles. The Hall–Kier alpha value is -3.95. The number of imidazole rings is 1. The van der Waals surface area contributed by atoms with Crippen LogP contribution in [0.2, 0.25) is 0 Å². The van der Waals surface area contributed by atoms with Crippen molar-refractivity contribution in [1.29, 1.82) is 0 Å². The summed E-state index contributed by atoms with van der Waals surface area (Å²) < 4.78 is 48.2. The molecule has 0 bridgehead atoms. The molecule has 34 heavy (non-hydrogen) atoms. The molecule has 4 aromatic rings. The Labute approximate surface area is 193 Å². The summed E-state index contributed by atoms with van der Waals surface area (Å²) in [6.45, 7) is 5.50. The van der Waals surface area contributed by atoms with Gasteiger partial charge < -0.3 is 9.30 Å². The fraction of sp³-hybridized carbons (Fsp3) is 0.250. The SMILES string of the molecule is COc1cc(-c2nc(C(=O)c3cccc(C(F)(F)F)c3)n(C(C)C)n2)ccc1-n1cnc(C)c1. The first kappa shape index (κ1) is 23.2. The second-order valence-corrected chi connectivity index (χ2v) is 8.01. The fourth-order valence-electron chi connectivity index (χ4n) is 3.51. The maximum Gasteiger partial charge on any atom is 0.416 e. The van der Waals surface area contributed by atoms with Crippen LogP contribution in [0, 0.1) is 6.92 Å². The van der Waals surface area contributed by atoms with Crippen molar-refractivity contribution in [2.75, 3.05) is 7.11 Å². The number of hydrogen-bond acceptors (Lipinski definition) is 5. The molecule has 4 rings (SSSR count). The van der Waals surface area contributed by atoms with Gasteiger partial charge in [-0.15, -0.1) is 0 Å². The van der Waals surface area contributed by atoms with Crippen molar-refractivity contribution in [2.45, 2.75) is 33.0 Å². The van der Waals surface area contributed by atoms with Crippen molar-refractivity contribution in [1.82, 2.24) is 24.3 Å². The number of rotatable bonds is 6. The van der Waals surface area contributed by atoms with Crippen molar-refractivity contribution in [3.63, 3.8) is 0 Å². The van der Waals surface area contributed by atoms with Gasteiger partial charge in [-0.25, -0.2) is 14.6 Å². The standard InChI is InChI=1S/C24H22F3N5O2/c1-14(2)32-23(21(33)16-6-5-7-18(10-16)24(25,26)27)29-22(30-32)17-8-9-19(20(11-17)34-4)31-12-15(3)28-13-31/h5-14H,1-4H3. The normalized spacial score (nSPS) is 11.8. The lowest BCUT2D eigenvalue weighted by Crippen LogP contribution is -2.15. The topological polar surface area (TPSA) is 74.8 Å². The lowest BCUT2D eigenvalue weighted by molar-refractivity contribution is -0.137. The minimum Gasteiger partial charge on any atom is -0.495 e. The average Bonchev–Trinajstić information content (AvgIpc) is 3.44. The highest BCUT2D eigenvalue weighted by atomic mass is 19.4. The summed E-state index contributed by atoms with van der Waals surface area (Å²) in [5, 5.41) is 4.47. The van der Waals surface area contributed by atoms with Crippen LogP contribution in [-0.4, -0.2) is 37.2 Å². The van der Waals surface area contributed by atoms with Crippen LogP contribution in [-0.2, 0) is 6.18 Å². The van der Waals surface area contributed by atoms with Gasteiger partial charge in [-0.2, -0.15) is 18.3 Å². The first-order valence-electron chi connectivity index (χ1n) is 10.5. The number of ketones is 1. The minimum atomic E-state index is -4.56. The molecule has 0 atom stereocenters. The number of aryl methyl sites for hydroxylation is 1. The smallest absolute Gasteiger partial charge is 0.416 e. The van der Waals surface area contributed by atoms with Gasteiger partial charge in [0.05, 0.1) is 30.4 Å². The zero-order chi connectivity index (χ0) is 24.6. The molecule has 0 saturated carbocycles. The number of halogens is 3. The number of carbonyl (C=O) groups is 1. The summed E-state index contributed by atoms with van der Waals surface area (Å²) in [7, 11) is 1.54. The molecule has 0 unspecified atom stereocenters. The van der Waals surface area contributed by atoms with Crippen LogP contribution in [0.3, 0.4) is 0 Å². The summed E-state index contributed by atoms with van der Waals surface area (Å²) in [4.78, 5) is 21.8. The number of aromatic nitrogens is 5. The lowest BCUT2D eigenvalue weighted by Gasteiger charge is -2.10. The zero-order valence-electron chi connectivity index (χ0n) is 19.0. The number of carbonyl (C=O) groups excluding carboxylic acids is 1. The van der Waals surface area contributed by atoms with E-state index in [2.05, 4.69) is 15.1 Å². The largest absolute Gasteiger partial charge is 0.495 e. The highest BCUT2D eigenvalue weighted by molar-refractivity contribution is 6.07. The summed E-state index contributed by atoms with van der Waals surface area (Å²) >= 11 is 0. The number of benzene rings is 2. The van der Waals surface area contributed by atoms with Gasteiger partial charge in [0.1, 0.15) is 5.75 Å². The third-order valence-corrected chi connectivity index (χ3v) is 5.20. The zero-order valence-corrected chi connectivity index (χ0v) is 19.0. The first-order chi connectivity index (χ1) is 16.1. The Kier molecular flexibility index (Phi) is 5.99. The Morgan fingerprint density at radius 2 is 1.88 bits per heavy atom. The summed E-state index contributed by atoms with van der Waals surface area (Å²) in [6.07, 6.45) is -1.03. The second-order valence-electron chi connectivity index (χ2n) is 8.01. The summed E-state index contributed by atoms with van der Waals surface area (Å²) in [6, 6.07) is 9.38. The maximum atomic E-state index is 13.1. The fourth-order valence-corrected chi connectivity index (χ4v) is 3.51. The number of hydrogen-bond donors (Lipinski definition) is 0. The van der Waals surface area contributed by atoms with E-state index in [0.29, 0.717) is 11.3 Å². The van der Waals surface area contributed by atoms with Crippen LogP contribution in [0.25, 0.3) is 17.1 Å². The van der Waals surface area contributed by atoms with Gasteiger partial charge in [0.15, 0.2) is 11.6 Å². The van der Waals surface area contributed by atoms with E-state index >= 15 is 0 Å². The van der Waals surface area contributed by atoms with Gasteiger partial charge >= 0.3 is 6.18 Å². The number of alkyl halides is 3. The van der Waals surface area contributed by atoms with E-state index in [0.717, 1.165) is 23.5 Å². The van der Waals surface area contributed by atoms with Crippen LogP contribution >= 0.6 is 0 Å². The highest BCUT2D eigenvalue weighted by Crippen LogP contribution is 2.31. The number of nitrogens with zero attached hydrogens (tertiary/aromatic N) is 5. The van der Waals surface area contributed by atoms with Crippen molar-refractivity contribution in [3.8, 4) is 22.8 Å². The Morgan fingerprint density at radius 3 is 2.50 bits per heavy atom. The van der Waals surface area contributed by atoms with Gasteiger partial charge in [-0.1, -0.05) is 12.1 Å². The molecule has 10 heteroatoms. The van der Waals surface area contributed by atoms with E-state index in [-0.39, 0.29) is 23.3 Å². The van der Waals surface area contributed by atoms with E-state index in [4.69, 9.17) is 4.74 Å². The Balaban J connectivity index is 1.75. The van der Waals surface area contributed by atoms with Crippen molar-refractivity contribution >= 4 is 5.78 Å². The minimum absolute atomic E-state index is 0.0439. The van der Waals surface area contributed by atoms with E-state index in [1.54, 1.807) is 18.5 Å². The number of methoxy groups -OCH3 is 1. The molecule has 0 radical (unpaired) electrons. The molecule has 0 aliphatic rings. The molecule has 2 aromatic heterocycles. The number of ether oxygens (including phenoxy) is 1. The molecular weight excluding hydrogens is 447 g/mol. The molecule has 0 amide bonds. The van der Waals surface area contributed by atoms with Crippen molar-refractivity contribution < 1.29 is 22.7 Å². The van der Waals surface area contributed by atoms with Gasteiger partial charge in [0.2, 0.25) is 5.78 Å². The quantitative estimate of drug-likeness (QED) is 0.359. The molecule has 0 N–H and O–H groups in total. The Bertz CT molecular complexity index is 1350. The Morgan fingerprint density at radius 1 is 1.12 bits per heavy atom. The van der Waals surface area contributed by atoms with Crippen molar-refractivity contribution in [3.05, 3.63) is 77.6 Å². The van der Waals surface area contributed by atoms with Gasteiger partial charge in [-0.05, 0) is 51.1 Å². The van der Waals surface area contributed by atoms with Crippen LogP contribution in [0.1, 0.15) is 47.3 Å². The van der Waals surface area contributed by atoms with E-state index in [9.17, 15) is 18.0 Å². The molecular formula is C24H22F3N5O2. The molecule has 0 fully saturated rings. The van der Waals surface area contributed by atoms with E-state index < -0.39 is 17.5 Å². The third kappa shape index (κ3) is 4.43. The molecule has 2 aromatic carbocycles. The summed E-state index contributed by atoms with van der Waals surface area (Å²) in [5.74, 6) is 0.117. The van der Waals surface area contributed by atoms with Crippen LogP contribution in [0.15, 0.2) is 55.0 Å². The molecule has 7 nitrogen and oxygen atoms in total. The monoisotopic (exact) mass is 469 g/mol. The predicted molar refractivity (Wildman–Crippen MR) is 119 cm³/mol. The van der Waals surface area contributed by atoms with Gasteiger partial charge in [-0.3, -0.25) is 4.79 Å². The van der Waals surface area contributed by atoms with Gasteiger partial charge in [0, 0.05) is 23.4 Å². The lowest BCUT2D eigenvalue weighted by atomic mass is 10.1. The molecule has 2 heterocycles. The van der Waals surface area contributed by atoms with E-state index in [1.807, 2.05) is 37.6 Å². The average molecular weight is 469 g/mol. The third-order valence-electron chi connectivity index (χ3n) is 5.20. The first-order valence-corrected chi connectivity index (χ1v) is 10.5. The van der Waals surface area contributed by atoms with E-state index in [1.165, 1.54) is 23.9 Å². The molecule has 176 valence electrons. The van der Waals surface area contributed by atoms with Gasteiger partial charge in [0.25, 0.3) is 0 Å². The van der Waals surface area contributed by atoms with Crippen LogP contribution in [0.5, 0.6) is 5.75 Å². The van der Waals surface area contributed by atoms with Crippen molar-refractivity contribution in [2.24, 2.45) is 0 Å². The van der Waals surface area contributed by atoms with Crippen LogP contribution < -0.4 is 4.74 Å². The maximum absolute atomic E-state index is 13.1. The van der Waals surface area contributed by atoms with Crippen LogP contribution in [0.4, 0.5) is 13.2 Å². The predicted octanol–water partition coefficient (Wildman–Crippen LogP) is 5.28.